The molecule has 1 saturated heterocycles. The van der Waals surface area contributed by atoms with Crippen LogP contribution in [-0.2, 0) is 11.3 Å². The van der Waals surface area contributed by atoms with Gasteiger partial charge >= 0.3 is 0 Å². The van der Waals surface area contributed by atoms with Crippen molar-refractivity contribution in [2.75, 3.05) is 13.6 Å². The Hall–Kier alpha value is -2.01. The van der Waals surface area contributed by atoms with Gasteiger partial charge < -0.3 is 10.2 Å². The maximum atomic E-state index is 11.4. The van der Waals surface area contributed by atoms with Crippen molar-refractivity contribution in [3.63, 3.8) is 0 Å². The lowest BCUT2D eigenvalue weighted by Crippen LogP contribution is -2.46. The maximum absolute atomic E-state index is 11.4. The summed E-state index contributed by atoms with van der Waals surface area (Å²) in [5.74, 6) is 0.230. The molecule has 1 aromatic carbocycles. The van der Waals surface area contributed by atoms with Crippen LogP contribution in [-0.4, -0.2) is 40.4 Å². The molecule has 1 aliphatic rings. The van der Waals surface area contributed by atoms with E-state index in [9.17, 15) is 4.79 Å². The van der Waals surface area contributed by atoms with E-state index in [1.807, 2.05) is 37.5 Å². The van der Waals surface area contributed by atoms with Crippen molar-refractivity contribution >= 4 is 16.9 Å². The van der Waals surface area contributed by atoms with Crippen molar-refractivity contribution in [1.82, 2.24) is 20.2 Å². The number of likely N-dealkylation sites (N-methyl/N-ethyl adjacent to an activating group) is 1. The highest BCUT2D eigenvalue weighted by Crippen LogP contribution is 2.11. The second-order valence-electron chi connectivity index (χ2n) is 5.24. The fourth-order valence-electron chi connectivity index (χ4n) is 2.51. The van der Waals surface area contributed by atoms with Crippen LogP contribution in [0, 0.1) is 0 Å². The van der Waals surface area contributed by atoms with Gasteiger partial charge in [-0.3, -0.25) is 9.78 Å². The summed E-state index contributed by atoms with van der Waals surface area (Å²) in [6, 6.07) is 8.20. The van der Waals surface area contributed by atoms with Crippen LogP contribution in [0.3, 0.4) is 0 Å². The van der Waals surface area contributed by atoms with Gasteiger partial charge in [0.1, 0.15) is 0 Å². The first-order chi connectivity index (χ1) is 9.72. The molecule has 1 aliphatic heterocycles. The van der Waals surface area contributed by atoms with Gasteiger partial charge in [0.25, 0.3) is 0 Å². The molecule has 1 atom stereocenters. The standard InChI is InChI=1S/C15H18N4O/c1-19-10-11(6-7-15(19)20)16-8-12-9-17-13-4-2-3-5-14(13)18-12/h2-5,9,11,16H,6-8,10H2,1H3. The number of benzene rings is 1. The highest BCUT2D eigenvalue weighted by atomic mass is 16.2. The Morgan fingerprint density at radius 3 is 2.95 bits per heavy atom. The largest absolute Gasteiger partial charge is 0.344 e. The summed E-state index contributed by atoms with van der Waals surface area (Å²) >= 11 is 0. The molecule has 104 valence electrons. The zero-order valence-corrected chi connectivity index (χ0v) is 11.5. The zero-order valence-electron chi connectivity index (χ0n) is 11.5. The Morgan fingerprint density at radius 2 is 2.15 bits per heavy atom. The number of nitrogens with one attached hydrogen (secondary N) is 1. The average molecular weight is 270 g/mol. The van der Waals surface area contributed by atoms with E-state index in [0.29, 0.717) is 19.0 Å². The van der Waals surface area contributed by atoms with Crippen LogP contribution in [0.1, 0.15) is 18.5 Å². The monoisotopic (exact) mass is 270 g/mol. The van der Waals surface area contributed by atoms with E-state index in [2.05, 4.69) is 15.3 Å². The smallest absolute Gasteiger partial charge is 0.222 e. The highest BCUT2D eigenvalue weighted by Gasteiger charge is 2.22. The van der Waals surface area contributed by atoms with Crippen LogP contribution in [0.5, 0.6) is 0 Å². The van der Waals surface area contributed by atoms with Gasteiger partial charge in [0, 0.05) is 32.6 Å². The highest BCUT2D eigenvalue weighted by molar-refractivity contribution is 5.76. The number of carbonyl (C=O) groups is 1. The number of fused-ring (bicyclic) bond motifs is 1. The van der Waals surface area contributed by atoms with E-state index in [1.54, 1.807) is 4.90 Å². The maximum Gasteiger partial charge on any atom is 0.222 e. The lowest BCUT2D eigenvalue weighted by atomic mass is 10.1. The topological polar surface area (TPSA) is 58.1 Å². The predicted octanol–water partition coefficient (Wildman–Crippen LogP) is 1.34. The SMILES string of the molecule is CN1CC(NCc2cnc3ccccc3n2)CCC1=O. The van der Waals surface area contributed by atoms with Gasteiger partial charge in [-0.1, -0.05) is 12.1 Å². The van der Waals surface area contributed by atoms with E-state index >= 15 is 0 Å². The first-order valence-electron chi connectivity index (χ1n) is 6.90. The summed E-state index contributed by atoms with van der Waals surface area (Å²) in [7, 11) is 1.85. The summed E-state index contributed by atoms with van der Waals surface area (Å²) < 4.78 is 0. The van der Waals surface area contributed by atoms with Gasteiger partial charge in [0.05, 0.1) is 22.9 Å². The lowest BCUT2D eigenvalue weighted by Gasteiger charge is -2.30. The van der Waals surface area contributed by atoms with E-state index in [-0.39, 0.29) is 5.91 Å². The minimum absolute atomic E-state index is 0.230. The third-order valence-electron chi connectivity index (χ3n) is 3.70. The number of aromatic nitrogens is 2. The summed E-state index contributed by atoms with van der Waals surface area (Å²) in [6.45, 7) is 1.45. The molecule has 0 bridgehead atoms. The van der Waals surface area contributed by atoms with Crippen LogP contribution in [0.4, 0.5) is 0 Å². The molecule has 1 aromatic heterocycles. The van der Waals surface area contributed by atoms with Gasteiger partial charge in [-0.25, -0.2) is 4.98 Å². The van der Waals surface area contributed by atoms with Crippen LogP contribution in [0.2, 0.25) is 0 Å². The van der Waals surface area contributed by atoms with Gasteiger partial charge in [0.2, 0.25) is 5.91 Å². The molecule has 5 nitrogen and oxygen atoms in total. The number of nitrogens with zero attached hydrogens (tertiary/aromatic N) is 3. The molecule has 20 heavy (non-hydrogen) atoms. The fourth-order valence-corrected chi connectivity index (χ4v) is 2.51. The molecule has 0 saturated carbocycles. The molecule has 0 aliphatic carbocycles. The zero-order chi connectivity index (χ0) is 13.9. The number of hydrogen-bond donors (Lipinski definition) is 1. The van der Waals surface area contributed by atoms with Crippen LogP contribution in [0.15, 0.2) is 30.5 Å². The van der Waals surface area contributed by atoms with Crippen molar-refractivity contribution in [1.29, 1.82) is 0 Å². The number of carbonyl (C=O) groups excluding carboxylic acids is 1. The third-order valence-corrected chi connectivity index (χ3v) is 3.70. The minimum Gasteiger partial charge on any atom is -0.344 e. The molecule has 1 fully saturated rings. The van der Waals surface area contributed by atoms with Crippen LogP contribution >= 0.6 is 0 Å². The molecule has 5 heteroatoms. The second kappa shape index (κ2) is 5.54. The molecule has 0 spiro atoms. The minimum atomic E-state index is 0.230. The number of para-hydroxylation sites is 2. The summed E-state index contributed by atoms with van der Waals surface area (Å²) in [5, 5.41) is 3.46. The predicted molar refractivity (Wildman–Crippen MR) is 77.0 cm³/mol. The molecule has 1 amide bonds. The molecule has 3 rings (SSSR count). The van der Waals surface area contributed by atoms with Gasteiger partial charge in [-0.05, 0) is 18.6 Å². The van der Waals surface area contributed by atoms with Gasteiger partial charge in [0.15, 0.2) is 0 Å². The van der Waals surface area contributed by atoms with Crippen LogP contribution in [0.25, 0.3) is 11.0 Å². The fraction of sp³-hybridized carbons (Fsp3) is 0.400. The molecular formula is C15H18N4O. The van der Waals surface area contributed by atoms with Crippen molar-refractivity contribution < 1.29 is 4.79 Å². The van der Waals surface area contributed by atoms with E-state index in [0.717, 1.165) is 29.7 Å². The number of rotatable bonds is 3. The summed E-state index contributed by atoms with van der Waals surface area (Å²) in [5.41, 5.74) is 2.77. The van der Waals surface area contributed by atoms with E-state index in [4.69, 9.17) is 0 Å². The third kappa shape index (κ3) is 2.77. The molecule has 1 N–H and O–H groups in total. The Morgan fingerprint density at radius 1 is 1.35 bits per heavy atom. The molecule has 1 unspecified atom stereocenters. The number of amides is 1. The Bertz CT molecular complexity index is 628. The number of likely N-dealkylation sites (tertiary alicyclic amines) is 1. The number of hydrogen-bond acceptors (Lipinski definition) is 4. The van der Waals surface area contributed by atoms with Crippen molar-refractivity contribution in [2.45, 2.75) is 25.4 Å². The molecule has 2 heterocycles. The van der Waals surface area contributed by atoms with Gasteiger partial charge in [-0.15, -0.1) is 0 Å². The molecular weight excluding hydrogens is 252 g/mol. The molecule has 0 radical (unpaired) electrons. The van der Waals surface area contributed by atoms with E-state index in [1.165, 1.54) is 0 Å². The van der Waals surface area contributed by atoms with Gasteiger partial charge in [-0.2, -0.15) is 0 Å². The Labute approximate surface area is 118 Å². The van der Waals surface area contributed by atoms with Crippen LogP contribution < -0.4 is 5.32 Å². The summed E-state index contributed by atoms with van der Waals surface area (Å²) in [4.78, 5) is 22.2. The quantitative estimate of drug-likeness (QED) is 0.914. The molecule has 2 aromatic rings. The number of piperidine rings is 1. The summed E-state index contributed by atoms with van der Waals surface area (Å²) in [6.07, 6.45) is 3.33. The van der Waals surface area contributed by atoms with Crippen molar-refractivity contribution in [3.05, 3.63) is 36.2 Å². The first-order valence-corrected chi connectivity index (χ1v) is 6.90. The Balaban J connectivity index is 1.63. The average Bonchev–Trinajstić information content (AvgIpc) is 2.48. The Kier molecular flexibility index (Phi) is 3.60. The normalized spacial score (nSPS) is 19.6. The van der Waals surface area contributed by atoms with Crippen molar-refractivity contribution in [3.8, 4) is 0 Å². The lowest BCUT2D eigenvalue weighted by molar-refractivity contribution is -0.132. The van der Waals surface area contributed by atoms with Crippen molar-refractivity contribution in [2.24, 2.45) is 0 Å². The first kappa shape index (κ1) is 13.0. The second-order valence-corrected chi connectivity index (χ2v) is 5.24. The van der Waals surface area contributed by atoms with E-state index < -0.39 is 0 Å².